The summed E-state index contributed by atoms with van der Waals surface area (Å²) in [4.78, 5) is 21.5. The van der Waals surface area contributed by atoms with Crippen LogP contribution in [0.5, 0.6) is 0 Å². The topological polar surface area (TPSA) is 84.1 Å². The van der Waals surface area contributed by atoms with Gasteiger partial charge in [0.25, 0.3) is 0 Å². The summed E-state index contributed by atoms with van der Waals surface area (Å²) >= 11 is 5.68. The molecule has 1 aromatic heterocycles. The van der Waals surface area contributed by atoms with Crippen LogP contribution in [-0.2, 0) is 4.79 Å². The fourth-order valence-corrected chi connectivity index (χ4v) is 1.79. The Kier molecular flexibility index (Phi) is 3.44. The maximum Gasteiger partial charge on any atom is 0.230 e. The molecule has 1 aromatic rings. The minimum Gasteiger partial charge on any atom is -0.308 e. The molecule has 1 amide bonds. The van der Waals surface area contributed by atoms with Gasteiger partial charge in [0.15, 0.2) is 5.82 Å². The smallest absolute Gasteiger partial charge is 0.230 e. The summed E-state index contributed by atoms with van der Waals surface area (Å²) < 4.78 is 0. The first-order valence-corrected chi connectivity index (χ1v) is 5.85. The van der Waals surface area contributed by atoms with Crippen molar-refractivity contribution in [3.8, 4) is 0 Å². The van der Waals surface area contributed by atoms with Gasteiger partial charge in [-0.3, -0.25) is 4.79 Å². The van der Waals surface area contributed by atoms with Gasteiger partial charge in [-0.15, -0.1) is 0 Å². The molecule has 1 aliphatic carbocycles. The molecule has 1 saturated carbocycles. The lowest BCUT2D eigenvalue weighted by Gasteiger charge is -2.22. The maximum absolute atomic E-state index is 12.1. The third-order valence-corrected chi connectivity index (χ3v) is 2.86. The maximum atomic E-state index is 12.1. The largest absolute Gasteiger partial charge is 0.308 e. The van der Waals surface area contributed by atoms with Crippen LogP contribution in [0.1, 0.15) is 19.8 Å². The third kappa shape index (κ3) is 2.48. The van der Waals surface area contributed by atoms with E-state index < -0.39 is 0 Å². The highest BCUT2D eigenvalue weighted by molar-refractivity contribution is 6.28. The molecule has 3 N–H and O–H groups in total. The number of carbonyl (C=O) groups is 1. The molecule has 7 heteroatoms. The summed E-state index contributed by atoms with van der Waals surface area (Å²) in [5, 5.41) is 0.0941. The van der Waals surface area contributed by atoms with E-state index >= 15 is 0 Å². The van der Waals surface area contributed by atoms with E-state index in [9.17, 15) is 4.79 Å². The van der Waals surface area contributed by atoms with Gasteiger partial charge in [-0.2, -0.15) is 4.98 Å². The van der Waals surface area contributed by atoms with Crippen molar-refractivity contribution in [2.45, 2.75) is 19.8 Å². The molecule has 0 aromatic carbocycles. The zero-order valence-electron chi connectivity index (χ0n) is 9.48. The van der Waals surface area contributed by atoms with Crippen molar-refractivity contribution < 1.29 is 4.79 Å². The minimum atomic E-state index is 0.0925. The Bertz CT molecular complexity index is 435. The number of halogens is 1. The van der Waals surface area contributed by atoms with Crippen molar-refractivity contribution in [2.24, 2.45) is 11.8 Å². The zero-order chi connectivity index (χ0) is 12.4. The van der Waals surface area contributed by atoms with E-state index in [-0.39, 0.29) is 17.1 Å². The molecular weight excluding hydrogens is 242 g/mol. The van der Waals surface area contributed by atoms with Gasteiger partial charge >= 0.3 is 0 Å². The van der Waals surface area contributed by atoms with Gasteiger partial charge in [0.2, 0.25) is 11.2 Å². The molecule has 0 spiro atoms. The van der Waals surface area contributed by atoms with Crippen molar-refractivity contribution in [3.05, 3.63) is 11.5 Å². The van der Waals surface area contributed by atoms with Crippen LogP contribution in [0.3, 0.4) is 0 Å². The Morgan fingerprint density at radius 2 is 2.41 bits per heavy atom. The van der Waals surface area contributed by atoms with Crippen molar-refractivity contribution in [1.82, 2.24) is 9.97 Å². The molecule has 0 unspecified atom stereocenters. The number of anilines is 2. The highest BCUT2D eigenvalue weighted by atomic mass is 35.5. The number of nitrogens with two attached hydrogens (primary N) is 1. The molecule has 1 aliphatic rings. The number of aromatic nitrogens is 2. The standard InChI is InChI=1S/C10H14ClN5O/c1-2-16(9(17)6-3-4-6)7-5-13-10(11)14-8(7)15-12/h5-6H,2-4,12H2,1H3,(H,13,14,15). The van der Waals surface area contributed by atoms with Gasteiger partial charge in [-0.1, -0.05) is 0 Å². The average molecular weight is 256 g/mol. The second-order valence-corrected chi connectivity index (χ2v) is 4.21. The summed E-state index contributed by atoms with van der Waals surface area (Å²) in [7, 11) is 0. The van der Waals surface area contributed by atoms with Crippen LogP contribution in [0.2, 0.25) is 5.28 Å². The number of hydrazine groups is 1. The van der Waals surface area contributed by atoms with Crippen LogP contribution < -0.4 is 16.2 Å². The van der Waals surface area contributed by atoms with Crippen LogP contribution in [0.25, 0.3) is 0 Å². The average Bonchev–Trinajstić information content (AvgIpc) is 3.15. The lowest BCUT2D eigenvalue weighted by molar-refractivity contribution is -0.119. The predicted octanol–water partition coefficient (Wildman–Crippen LogP) is 1.18. The quantitative estimate of drug-likeness (QED) is 0.479. The van der Waals surface area contributed by atoms with Crippen molar-refractivity contribution >= 4 is 29.0 Å². The van der Waals surface area contributed by atoms with Crippen LogP contribution >= 0.6 is 11.6 Å². The molecule has 6 nitrogen and oxygen atoms in total. The van der Waals surface area contributed by atoms with Gasteiger partial charge < -0.3 is 10.3 Å². The van der Waals surface area contributed by atoms with E-state index in [0.29, 0.717) is 18.1 Å². The van der Waals surface area contributed by atoms with Gasteiger partial charge in [-0.25, -0.2) is 10.8 Å². The molecule has 1 heterocycles. The molecule has 17 heavy (non-hydrogen) atoms. The van der Waals surface area contributed by atoms with Crippen LogP contribution in [0.4, 0.5) is 11.5 Å². The Morgan fingerprint density at radius 1 is 1.71 bits per heavy atom. The van der Waals surface area contributed by atoms with Crippen LogP contribution in [0, 0.1) is 5.92 Å². The van der Waals surface area contributed by atoms with E-state index in [1.165, 1.54) is 6.20 Å². The summed E-state index contributed by atoms with van der Waals surface area (Å²) in [6, 6.07) is 0. The number of amides is 1. The van der Waals surface area contributed by atoms with Gasteiger partial charge in [-0.05, 0) is 31.4 Å². The second-order valence-electron chi connectivity index (χ2n) is 3.87. The van der Waals surface area contributed by atoms with E-state index in [1.54, 1.807) is 4.90 Å². The number of rotatable bonds is 4. The van der Waals surface area contributed by atoms with Crippen molar-refractivity contribution in [2.75, 3.05) is 16.9 Å². The van der Waals surface area contributed by atoms with Gasteiger partial charge in [0, 0.05) is 12.5 Å². The van der Waals surface area contributed by atoms with Crippen LogP contribution in [-0.4, -0.2) is 22.4 Å². The van der Waals surface area contributed by atoms with Gasteiger partial charge in [0.1, 0.15) is 5.69 Å². The Labute approximate surface area is 104 Å². The van der Waals surface area contributed by atoms with E-state index in [0.717, 1.165) is 12.8 Å². The Morgan fingerprint density at radius 3 is 2.94 bits per heavy atom. The molecule has 1 fully saturated rings. The molecule has 0 radical (unpaired) electrons. The summed E-state index contributed by atoms with van der Waals surface area (Å²) in [5.41, 5.74) is 3.00. The third-order valence-electron chi connectivity index (χ3n) is 2.68. The lowest BCUT2D eigenvalue weighted by atomic mass is 10.3. The first-order chi connectivity index (χ1) is 8.17. The highest BCUT2D eigenvalue weighted by Crippen LogP contribution is 2.34. The second kappa shape index (κ2) is 4.85. The summed E-state index contributed by atoms with van der Waals surface area (Å²) in [5.74, 6) is 5.96. The molecule has 0 saturated heterocycles. The first-order valence-electron chi connectivity index (χ1n) is 5.48. The Balaban J connectivity index is 2.32. The Hall–Kier alpha value is -1.40. The molecule has 0 atom stereocenters. The number of nitrogens with one attached hydrogen (secondary N) is 1. The number of hydrogen-bond donors (Lipinski definition) is 2. The minimum absolute atomic E-state index is 0.0925. The summed E-state index contributed by atoms with van der Waals surface area (Å²) in [6.45, 7) is 2.45. The van der Waals surface area contributed by atoms with Gasteiger partial charge in [0.05, 0.1) is 6.20 Å². The first kappa shape index (κ1) is 12.1. The summed E-state index contributed by atoms with van der Waals surface area (Å²) in [6.07, 6.45) is 3.42. The normalized spacial score (nSPS) is 14.5. The molecular formula is C10H14ClN5O. The molecule has 0 aliphatic heterocycles. The zero-order valence-corrected chi connectivity index (χ0v) is 10.2. The SMILES string of the molecule is CCN(C(=O)C1CC1)c1cnc(Cl)nc1NN. The van der Waals surface area contributed by atoms with Crippen molar-refractivity contribution in [3.63, 3.8) is 0 Å². The molecule has 0 bridgehead atoms. The fraction of sp³-hybridized carbons (Fsp3) is 0.500. The number of carbonyl (C=O) groups excluding carboxylic acids is 1. The molecule has 2 rings (SSSR count). The lowest BCUT2D eigenvalue weighted by Crippen LogP contribution is -2.33. The molecule has 92 valence electrons. The number of nitrogen functional groups attached to an aromatic ring is 1. The van der Waals surface area contributed by atoms with E-state index in [2.05, 4.69) is 15.4 Å². The fourth-order valence-electron chi connectivity index (χ4n) is 1.65. The highest BCUT2D eigenvalue weighted by Gasteiger charge is 2.34. The van der Waals surface area contributed by atoms with E-state index in [1.807, 2.05) is 6.92 Å². The number of nitrogens with zero attached hydrogens (tertiary/aromatic N) is 3. The van der Waals surface area contributed by atoms with E-state index in [4.69, 9.17) is 17.4 Å². The van der Waals surface area contributed by atoms with Crippen molar-refractivity contribution in [1.29, 1.82) is 0 Å². The number of hydrogen-bond acceptors (Lipinski definition) is 5. The van der Waals surface area contributed by atoms with Crippen LogP contribution in [0.15, 0.2) is 6.20 Å². The predicted molar refractivity (Wildman–Crippen MR) is 65.6 cm³/mol. The monoisotopic (exact) mass is 255 g/mol.